The second kappa shape index (κ2) is 4.90. The molecule has 1 aliphatic heterocycles. The highest BCUT2D eigenvalue weighted by atomic mass is 32.5. The van der Waals surface area contributed by atoms with Crippen LogP contribution in [0.15, 0.2) is 24.3 Å². The molecule has 1 aromatic carbocycles. The average molecular weight is 297 g/mol. The van der Waals surface area contributed by atoms with Crippen molar-refractivity contribution >= 4 is 18.4 Å². The van der Waals surface area contributed by atoms with Gasteiger partial charge in [-0.25, -0.2) is 5.09 Å². The molecule has 0 bridgehead atoms. The van der Waals surface area contributed by atoms with Crippen molar-refractivity contribution in [3.8, 4) is 0 Å². The van der Waals surface area contributed by atoms with E-state index >= 15 is 0 Å². The molecule has 2 atom stereocenters. The number of hydrogen-bond donors (Lipinski definition) is 1. The summed E-state index contributed by atoms with van der Waals surface area (Å²) < 4.78 is 48.2. The van der Waals surface area contributed by atoms with Crippen LogP contribution in [0.1, 0.15) is 17.2 Å². The molecule has 0 aliphatic carbocycles. The fourth-order valence-corrected chi connectivity index (χ4v) is 3.38. The Hall–Kier alpha value is -0.460. The Labute approximate surface area is 108 Å². The summed E-state index contributed by atoms with van der Waals surface area (Å²) in [5.74, 6) is 0. The summed E-state index contributed by atoms with van der Waals surface area (Å²) in [5, 5.41) is 2.89. The lowest BCUT2D eigenvalue weighted by Crippen LogP contribution is -2.09. The van der Waals surface area contributed by atoms with Crippen LogP contribution in [0.4, 0.5) is 13.2 Å². The van der Waals surface area contributed by atoms with Crippen molar-refractivity contribution in [2.24, 2.45) is 0 Å². The van der Waals surface area contributed by atoms with Crippen LogP contribution in [0.2, 0.25) is 0 Å². The summed E-state index contributed by atoms with van der Waals surface area (Å²) in [4.78, 5) is 0. The Kier molecular flexibility index (Phi) is 3.80. The van der Waals surface area contributed by atoms with E-state index < -0.39 is 24.5 Å². The van der Waals surface area contributed by atoms with Crippen LogP contribution in [-0.4, -0.2) is 13.7 Å². The molecule has 1 fully saturated rings. The molecule has 2 rings (SSSR count). The van der Waals surface area contributed by atoms with Gasteiger partial charge in [0.1, 0.15) is 6.10 Å². The second-order valence-electron chi connectivity index (χ2n) is 3.76. The molecule has 0 spiro atoms. The average Bonchev–Trinajstić information content (AvgIpc) is 2.72. The molecule has 1 saturated heterocycles. The fraction of sp³-hybridized carbons (Fsp3) is 0.400. The summed E-state index contributed by atoms with van der Waals surface area (Å²) in [6.07, 6.45) is -4.86. The zero-order valence-corrected chi connectivity index (χ0v) is 11.1. The summed E-state index contributed by atoms with van der Waals surface area (Å²) >= 11 is 5.08. The Balaban J connectivity index is 2.23. The summed E-state index contributed by atoms with van der Waals surface area (Å²) in [6.45, 7) is -2.17. The number of rotatable bonds is 2. The number of halogens is 3. The van der Waals surface area contributed by atoms with Gasteiger partial charge in [0.25, 0.3) is 6.64 Å². The van der Waals surface area contributed by atoms with Gasteiger partial charge in [0.15, 0.2) is 0 Å². The van der Waals surface area contributed by atoms with Crippen molar-refractivity contribution in [2.45, 2.75) is 12.3 Å². The zero-order chi connectivity index (χ0) is 13.4. The Bertz CT molecular complexity index is 494. The molecule has 8 heteroatoms. The first kappa shape index (κ1) is 14.0. The molecule has 0 aromatic heterocycles. The van der Waals surface area contributed by atoms with Gasteiger partial charge in [0.05, 0.1) is 5.56 Å². The highest BCUT2D eigenvalue weighted by Crippen LogP contribution is 2.52. The van der Waals surface area contributed by atoms with Gasteiger partial charge < -0.3 is 9.05 Å². The van der Waals surface area contributed by atoms with Crippen molar-refractivity contribution in [2.75, 3.05) is 13.7 Å². The monoisotopic (exact) mass is 297 g/mol. The highest BCUT2D eigenvalue weighted by Gasteiger charge is 2.34. The van der Waals surface area contributed by atoms with Crippen LogP contribution in [0.3, 0.4) is 0 Å². The molecule has 0 amide bonds. The van der Waals surface area contributed by atoms with Gasteiger partial charge in [-0.1, -0.05) is 12.1 Å². The molecular weight excluding hydrogens is 286 g/mol. The summed E-state index contributed by atoms with van der Waals surface area (Å²) in [7, 11) is 1.42. The zero-order valence-electron chi connectivity index (χ0n) is 9.40. The lowest BCUT2D eigenvalue weighted by atomic mass is 10.1. The molecule has 1 N–H and O–H groups in total. The lowest BCUT2D eigenvalue weighted by molar-refractivity contribution is -0.137. The van der Waals surface area contributed by atoms with Crippen molar-refractivity contribution in [3.05, 3.63) is 35.4 Å². The van der Waals surface area contributed by atoms with E-state index in [1.807, 2.05) is 0 Å². The predicted octanol–water partition coefficient (Wildman–Crippen LogP) is 3.24. The SMILES string of the molecule is COP1(=S)NCC(c2cccc(C(F)(F)F)c2)O1. The normalized spacial score (nSPS) is 28.6. The van der Waals surface area contributed by atoms with Crippen molar-refractivity contribution in [3.63, 3.8) is 0 Å². The van der Waals surface area contributed by atoms with E-state index in [2.05, 4.69) is 5.09 Å². The number of alkyl halides is 3. The largest absolute Gasteiger partial charge is 0.416 e. The van der Waals surface area contributed by atoms with Gasteiger partial charge in [-0.15, -0.1) is 0 Å². The van der Waals surface area contributed by atoms with Crippen LogP contribution >= 0.6 is 6.64 Å². The van der Waals surface area contributed by atoms with Gasteiger partial charge in [0, 0.05) is 13.7 Å². The van der Waals surface area contributed by atoms with Gasteiger partial charge in [-0.2, -0.15) is 13.2 Å². The second-order valence-corrected chi connectivity index (χ2v) is 7.09. The minimum Gasteiger partial charge on any atom is -0.321 e. The van der Waals surface area contributed by atoms with Crippen LogP contribution in [0, 0.1) is 0 Å². The fourth-order valence-electron chi connectivity index (χ4n) is 1.64. The van der Waals surface area contributed by atoms with Gasteiger partial charge in [-0.3, -0.25) is 0 Å². The van der Waals surface area contributed by atoms with E-state index in [0.29, 0.717) is 12.1 Å². The molecule has 0 saturated carbocycles. The molecule has 100 valence electrons. The van der Waals surface area contributed by atoms with Crippen molar-refractivity contribution in [1.29, 1.82) is 0 Å². The molecule has 3 nitrogen and oxygen atoms in total. The standard InChI is InChI=1S/C10H11F3NO2PS/c1-15-17(18)14-6-9(16-17)7-3-2-4-8(5-7)10(11,12)13/h2-5,9H,6H2,1H3,(H,14,18). The van der Waals surface area contributed by atoms with E-state index in [9.17, 15) is 13.2 Å². The first-order valence-electron chi connectivity index (χ1n) is 5.10. The number of nitrogens with one attached hydrogen (secondary N) is 1. The Morgan fingerprint density at radius 3 is 2.78 bits per heavy atom. The van der Waals surface area contributed by atoms with Crippen LogP contribution in [0.5, 0.6) is 0 Å². The van der Waals surface area contributed by atoms with E-state index in [1.165, 1.54) is 13.2 Å². The number of hydrogen-bond acceptors (Lipinski definition) is 3. The summed E-state index contributed by atoms with van der Waals surface area (Å²) in [6, 6.07) is 5.05. The molecule has 1 heterocycles. The van der Waals surface area contributed by atoms with E-state index in [4.69, 9.17) is 20.9 Å². The molecular formula is C10H11F3NO2PS. The maximum atomic E-state index is 12.6. The van der Waals surface area contributed by atoms with Gasteiger partial charge in [-0.05, 0) is 29.5 Å². The first-order valence-corrected chi connectivity index (χ1v) is 7.74. The third-order valence-electron chi connectivity index (χ3n) is 2.56. The third kappa shape index (κ3) is 2.92. The maximum absolute atomic E-state index is 12.6. The highest BCUT2D eigenvalue weighted by molar-refractivity contribution is 8.09. The van der Waals surface area contributed by atoms with Crippen LogP contribution in [-0.2, 0) is 27.0 Å². The Morgan fingerprint density at radius 1 is 1.50 bits per heavy atom. The smallest absolute Gasteiger partial charge is 0.321 e. The quantitative estimate of drug-likeness (QED) is 0.849. The minimum atomic E-state index is -4.36. The van der Waals surface area contributed by atoms with E-state index in [1.54, 1.807) is 6.07 Å². The minimum absolute atomic E-state index is 0.354. The van der Waals surface area contributed by atoms with Gasteiger partial charge in [0.2, 0.25) is 0 Å². The van der Waals surface area contributed by atoms with E-state index in [-0.39, 0.29) is 0 Å². The summed E-state index contributed by atoms with van der Waals surface area (Å²) in [5.41, 5.74) is -0.248. The topological polar surface area (TPSA) is 30.5 Å². The molecule has 1 aliphatic rings. The predicted molar refractivity (Wildman–Crippen MR) is 64.6 cm³/mol. The Morgan fingerprint density at radius 2 is 2.22 bits per heavy atom. The molecule has 2 unspecified atom stereocenters. The molecule has 18 heavy (non-hydrogen) atoms. The van der Waals surface area contributed by atoms with Crippen molar-refractivity contribution < 1.29 is 22.2 Å². The van der Waals surface area contributed by atoms with Crippen LogP contribution in [0.25, 0.3) is 0 Å². The molecule has 0 radical (unpaired) electrons. The number of benzene rings is 1. The first-order chi connectivity index (χ1) is 8.34. The molecule has 1 aromatic rings. The lowest BCUT2D eigenvalue weighted by Gasteiger charge is -2.15. The van der Waals surface area contributed by atoms with Crippen molar-refractivity contribution in [1.82, 2.24) is 5.09 Å². The third-order valence-corrected chi connectivity index (χ3v) is 5.24. The van der Waals surface area contributed by atoms with Gasteiger partial charge >= 0.3 is 6.18 Å². The van der Waals surface area contributed by atoms with E-state index in [0.717, 1.165) is 12.1 Å². The van der Waals surface area contributed by atoms with Crippen LogP contribution < -0.4 is 5.09 Å². The maximum Gasteiger partial charge on any atom is 0.416 e.